The number of nitrogens with one attached hydrogen (secondary N) is 2. The summed E-state index contributed by atoms with van der Waals surface area (Å²) in [6.45, 7) is 5.09. The summed E-state index contributed by atoms with van der Waals surface area (Å²) >= 11 is 0. The second-order valence-corrected chi connectivity index (χ2v) is 4.58. The van der Waals surface area contributed by atoms with Gasteiger partial charge in [0, 0.05) is 31.4 Å². The van der Waals surface area contributed by atoms with Crippen LogP contribution in [0.25, 0.3) is 0 Å². The lowest BCUT2D eigenvalue weighted by Crippen LogP contribution is -2.51. The maximum absolute atomic E-state index is 13.0. The average molecular weight is 288 g/mol. The average Bonchev–Trinajstić information content (AvgIpc) is 2.32. The number of halogens is 2. The number of hydrogen-bond donors (Lipinski definition) is 2. The third-order valence-electron chi connectivity index (χ3n) is 3.09. The van der Waals surface area contributed by atoms with Gasteiger partial charge in [0.1, 0.15) is 5.82 Å². The predicted molar refractivity (Wildman–Crippen MR) is 76.2 cm³/mol. The maximum Gasteiger partial charge on any atom is 0.238 e. The largest absolute Gasteiger partial charge is 0.325 e. The highest BCUT2D eigenvalue weighted by molar-refractivity contribution is 5.92. The zero-order valence-corrected chi connectivity index (χ0v) is 11.7. The number of benzene rings is 1. The Bertz CT molecular complexity index is 430. The van der Waals surface area contributed by atoms with E-state index in [0.717, 1.165) is 19.6 Å². The summed E-state index contributed by atoms with van der Waals surface area (Å²) in [7, 11) is 0. The molecule has 1 aromatic carbocycles. The Labute approximate surface area is 118 Å². The first-order valence-electron chi connectivity index (χ1n) is 6.15. The molecule has 4 nitrogen and oxygen atoms in total. The first-order valence-corrected chi connectivity index (χ1v) is 6.15. The summed E-state index contributed by atoms with van der Waals surface area (Å²) in [6, 6.07) is 6.28. The van der Waals surface area contributed by atoms with E-state index < -0.39 is 0 Å². The molecule has 1 saturated heterocycles. The number of rotatable bonds is 3. The third kappa shape index (κ3) is 4.78. The second kappa shape index (κ2) is 7.43. The zero-order chi connectivity index (χ0) is 13.0. The van der Waals surface area contributed by atoms with Gasteiger partial charge >= 0.3 is 0 Å². The van der Waals surface area contributed by atoms with Crippen molar-refractivity contribution in [2.24, 2.45) is 0 Å². The van der Waals surface area contributed by atoms with Gasteiger partial charge in [0.05, 0.1) is 6.54 Å². The van der Waals surface area contributed by atoms with Gasteiger partial charge in [-0.15, -0.1) is 12.4 Å². The van der Waals surface area contributed by atoms with Crippen LogP contribution in [0.5, 0.6) is 0 Å². The summed E-state index contributed by atoms with van der Waals surface area (Å²) < 4.78 is 13.0. The van der Waals surface area contributed by atoms with E-state index in [1.807, 2.05) is 0 Å². The van der Waals surface area contributed by atoms with Crippen LogP contribution in [0.15, 0.2) is 24.3 Å². The van der Waals surface area contributed by atoms with E-state index in [9.17, 15) is 9.18 Å². The van der Waals surface area contributed by atoms with Crippen molar-refractivity contribution < 1.29 is 9.18 Å². The van der Waals surface area contributed by atoms with E-state index in [-0.39, 0.29) is 24.1 Å². The van der Waals surface area contributed by atoms with Crippen LogP contribution < -0.4 is 10.6 Å². The lowest BCUT2D eigenvalue weighted by Gasteiger charge is -2.33. The van der Waals surface area contributed by atoms with Gasteiger partial charge in [-0.3, -0.25) is 9.69 Å². The highest BCUT2D eigenvalue weighted by atomic mass is 35.5. The molecule has 1 amide bonds. The molecule has 0 aromatic heterocycles. The molecule has 2 N–H and O–H groups in total. The van der Waals surface area contributed by atoms with Crippen molar-refractivity contribution in [3.63, 3.8) is 0 Å². The number of carbonyl (C=O) groups excluding carboxylic acids is 1. The number of carbonyl (C=O) groups is 1. The molecule has 1 atom stereocenters. The summed E-state index contributed by atoms with van der Waals surface area (Å²) in [5.74, 6) is -0.447. The fraction of sp³-hybridized carbons (Fsp3) is 0.462. The molecule has 1 aliphatic heterocycles. The molecule has 0 spiro atoms. The van der Waals surface area contributed by atoms with Gasteiger partial charge in [-0.1, -0.05) is 6.07 Å². The number of amides is 1. The normalized spacial score (nSPS) is 19.6. The smallest absolute Gasteiger partial charge is 0.238 e. The van der Waals surface area contributed by atoms with Crippen molar-refractivity contribution in [2.45, 2.75) is 13.0 Å². The Balaban J connectivity index is 0.00000180. The molecule has 106 valence electrons. The van der Waals surface area contributed by atoms with Crippen LogP contribution in [0.2, 0.25) is 0 Å². The zero-order valence-electron chi connectivity index (χ0n) is 10.9. The van der Waals surface area contributed by atoms with E-state index >= 15 is 0 Å². The van der Waals surface area contributed by atoms with Crippen LogP contribution in [-0.2, 0) is 4.79 Å². The highest BCUT2D eigenvalue weighted by Crippen LogP contribution is 2.09. The van der Waals surface area contributed by atoms with Gasteiger partial charge in [-0.05, 0) is 25.1 Å². The van der Waals surface area contributed by atoms with Gasteiger partial charge in [-0.2, -0.15) is 0 Å². The lowest BCUT2D eigenvalue weighted by molar-refractivity contribution is -0.118. The number of hydrogen-bond acceptors (Lipinski definition) is 3. The standard InChI is InChI=1S/C13H18FN3O.ClH/c1-10-8-15-5-6-17(10)9-13(18)16-12-4-2-3-11(14)7-12;/h2-4,7,10,15H,5-6,8-9H2,1H3,(H,16,18);1H/t10-;/m0./s1. The van der Waals surface area contributed by atoms with Crippen LogP contribution in [0, 0.1) is 5.82 Å². The first kappa shape index (κ1) is 15.9. The lowest BCUT2D eigenvalue weighted by atomic mass is 10.2. The minimum absolute atomic E-state index is 0. The van der Waals surface area contributed by atoms with Gasteiger partial charge in [0.15, 0.2) is 0 Å². The summed E-state index contributed by atoms with van der Waals surface area (Å²) in [5, 5.41) is 5.98. The maximum atomic E-state index is 13.0. The fourth-order valence-electron chi connectivity index (χ4n) is 2.07. The number of nitrogens with zero attached hydrogens (tertiary/aromatic N) is 1. The molecule has 2 rings (SSSR count). The van der Waals surface area contributed by atoms with E-state index in [1.54, 1.807) is 12.1 Å². The Morgan fingerprint density at radius 2 is 2.37 bits per heavy atom. The molecular weight excluding hydrogens is 269 g/mol. The molecule has 1 fully saturated rings. The molecule has 0 bridgehead atoms. The fourth-order valence-corrected chi connectivity index (χ4v) is 2.07. The van der Waals surface area contributed by atoms with Crippen molar-refractivity contribution in [2.75, 3.05) is 31.5 Å². The van der Waals surface area contributed by atoms with Crippen LogP contribution in [0.4, 0.5) is 10.1 Å². The highest BCUT2D eigenvalue weighted by Gasteiger charge is 2.20. The van der Waals surface area contributed by atoms with E-state index in [4.69, 9.17) is 0 Å². The molecule has 6 heteroatoms. The Kier molecular flexibility index (Phi) is 6.21. The molecule has 0 radical (unpaired) electrons. The summed E-state index contributed by atoms with van der Waals surface area (Å²) in [4.78, 5) is 14.0. The van der Waals surface area contributed by atoms with Gasteiger partial charge < -0.3 is 10.6 Å². The summed E-state index contributed by atoms with van der Waals surface area (Å²) in [6.07, 6.45) is 0. The molecule has 19 heavy (non-hydrogen) atoms. The first-order chi connectivity index (χ1) is 8.65. The Morgan fingerprint density at radius 3 is 3.05 bits per heavy atom. The van der Waals surface area contributed by atoms with Crippen LogP contribution in [-0.4, -0.2) is 43.0 Å². The Hall–Kier alpha value is -1.17. The Morgan fingerprint density at radius 1 is 1.58 bits per heavy atom. The van der Waals surface area contributed by atoms with Crippen molar-refractivity contribution >= 4 is 24.0 Å². The molecule has 1 aliphatic rings. The molecular formula is C13H19ClFN3O. The van der Waals surface area contributed by atoms with Gasteiger partial charge in [0.25, 0.3) is 0 Å². The minimum atomic E-state index is -0.344. The predicted octanol–water partition coefficient (Wildman–Crippen LogP) is 1.48. The number of anilines is 1. The van der Waals surface area contributed by atoms with Crippen LogP contribution in [0.1, 0.15) is 6.92 Å². The second-order valence-electron chi connectivity index (χ2n) is 4.58. The molecule has 1 heterocycles. The van der Waals surface area contributed by atoms with Crippen LogP contribution in [0.3, 0.4) is 0 Å². The van der Waals surface area contributed by atoms with Crippen molar-refractivity contribution in [3.05, 3.63) is 30.1 Å². The van der Waals surface area contributed by atoms with Gasteiger partial charge in [0.2, 0.25) is 5.91 Å². The molecule has 1 aromatic rings. The minimum Gasteiger partial charge on any atom is -0.325 e. The van der Waals surface area contributed by atoms with Gasteiger partial charge in [-0.25, -0.2) is 4.39 Å². The van der Waals surface area contributed by atoms with E-state index in [0.29, 0.717) is 18.3 Å². The summed E-state index contributed by atoms with van der Waals surface area (Å²) in [5.41, 5.74) is 0.503. The van der Waals surface area contributed by atoms with E-state index in [1.165, 1.54) is 12.1 Å². The molecule has 0 aliphatic carbocycles. The SMILES string of the molecule is C[C@H]1CNCCN1CC(=O)Nc1cccc(F)c1.Cl. The topological polar surface area (TPSA) is 44.4 Å². The monoisotopic (exact) mass is 287 g/mol. The van der Waals surface area contributed by atoms with Crippen molar-refractivity contribution in [1.29, 1.82) is 0 Å². The molecule has 0 saturated carbocycles. The third-order valence-corrected chi connectivity index (χ3v) is 3.09. The van der Waals surface area contributed by atoms with E-state index in [2.05, 4.69) is 22.5 Å². The van der Waals surface area contributed by atoms with Crippen molar-refractivity contribution in [1.82, 2.24) is 10.2 Å². The van der Waals surface area contributed by atoms with Crippen LogP contribution >= 0.6 is 12.4 Å². The quantitative estimate of drug-likeness (QED) is 0.885. The number of piperazine rings is 1. The van der Waals surface area contributed by atoms with Crippen molar-refractivity contribution in [3.8, 4) is 0 Å². The molecule has 0 unspecified atom stereocenters.